The molecule has 1 aromatic carbocycles. The molecule has 1 rings (SSSR count). The highest BCUT2D eigenvalue weighted by Gasteiger charge is 2.20. The van der Waals surface area contributed by atoms with Crippen molar-refractivity contribution in [3.05, 3.63) is 29.3 Å². The molecular formula is C15H25ClNO3Si. The molecule has 6 heteroatoms. The van der Waals surface area contributed by atoms with Gasteiger partial charge < -0.3 is 15.3 Å². The lowest BCUT2D eigenvalue weighted by Crippen LogP contribution is -2.20. The number of carbonyl (C=O) groups is 1. The molecule has 1 atom stereocenters. The Morgan fingerprint density at radius 2 is 1.95 bits per heavy atom. The molecule has 0 bridgehead atoms. The summed E-state index contributed by atoms with van der Waals surface area (Å²) in [5, 5.41) is 8.89. The van der Waals surface area contributed by atoms with Gasteiger partial charge in [-0.3, -0.25) is 4.79 Å². The highest BCUT2D eigenvalue weighted by Crippen LogP contribution is 2.32. The van der Waals surface area contributed by atoms with Crippen LogP contribution in [0.2, 0.25) is 13.1 Å². The molecule has 0 saturated carbocycles. The van der Waals surface area contributed by atoms with Gasteiger partial charge in [0.1, 0.15) is 5.75 Å². The maximum atomic E-state index is 10.8. The van der Waals surface area contributed by atoms with Gasteiger partial charge in [-0.1, -0.05) is 32.9 Å². The summed E-state index contributed by atoms with van der Waals surface area (Å²) in [6.45, 7) is 10.5. The first-order valence-corrected chi connectivity index (χ1v) is 9.12. The molecule has 0 unspecified atom stereocenters. The Bertz CT molecular complexity index is 486. The maximum absolute atomic E-state index is 10.8. The minimum absolute atomic E-state index is 0. The van der Waals surface area contributed by atoms with Crippen LogP contribution in [0.25, 0.3) is 0 Å². The van der Waals surface area contributed by atoms with E-state index in [1.165, 1.54) is 0 Å². The van der Waals surface area contributed by atoms with E-state index in [0.29, 0.717) is 0 Å². The lowest BCUT2D eigenvalue weighted by Gasteiger charge is -2.24. The van der Waals surface area contributed by atoms with E-state index in [4.69, 9.17) is 15.3 Å². The van der Waals surface area contributed by atoms with Crippen molar-refractivity contribution >= 4 is 27.4 Å². The number of halogens is 1. The number of aliphatic carboxylic acids is 1. The average Bonchev–Trinajstić information content (AvgIpc) is 2.25. The van der Waals surface area contributed by atoms with Crippen LogP contribution in [0.4, 0.5) is 0 Å². The van der Waals surface area contributed by atoms with E-state index in [1.54, 1.807) is 0 Å². The molecule has 3 N–H and O–H groups in total. The number of nitrogens with two attached hydrogens (primary N) is 1. The largest absolute Gasteiger partial charge is 0.542 e. The van der Waals surface area contributed by atoms with Gasteiger partial charge in [0.2, 0.25) is 0 Å². The zero-order valence-electron chi connectivity index (χ0n) is 13.3. The van der Waals surface area contributed by atoms with E-state index in [1.807, 2.05) is 31.3 Å². The zero-order valence-corrected chi connectivity index (χ0v) is 15.1. The molecule has 21 heavy (non-hydrogen) atoms. The Hall–Kier alpha value is -1.04. The molecule has 0 amide bonds. The van der Waals surface area contributed by atoms with Crippen LogP contribution < -0.4 is 10.2 Å². The van der Waals surface area contributed by atoms with Gasteiger partial charge in [0.05, 0.1) is 6.42 Å². The highest BCUT2D eigenvalue weighted by atomic mass is 35.5. The first-order chi connectivity index (χ1) is 9.11. The summed E-state index contributed by atoms with van der Waals surface area (Å²) in [7, 11) is -0.934. The van der Waals surface area contributed by atoms with Crippen LogP contribution in [0.1, 0.15) is 44.4 Å². The van der Waals surface area contributed by atoms with Crippen LogP contribution in [0, 0.1) is 0 Å². The number of hydrogen-bond acceptors (Lipinski definition) is 3. The Labute approximate surface area is 134 Å². The van der Waals surface area contributed by atoms with Crippen LogP contribution >= 0.6 is 12.4 Å². The van der Waals surface area contributed by atoms with Crippen LogP contribution in [-0.4, -0.2) is 20.1 Å². The van der Waals surface area contributed by atoms with Crippen molar-refractivity contribution in [2.45, 2.75) is 51.7 Å². The fraction of sp³-hybridized carbons (Fsp3) is 0.533. The number of rotatable bonds is 5. The van der Waals surface area contributed by atoms with Crippen LogP contribution in [0.15, 0.2) is 18.2 Å². The van der Waals surface area contributed by atoms with Crippen LogP contribution in [-0.2, 0) is 10.2 Å². The van der Waals surface area contributed by atoms with Gasteiger partial charge in [-0.15, -0.1) is 12.4 Å². The SMILES string of the molecule is C[Si](C)Oc1cc(C(C)(C)C)ccc1[C@H](N)CC(=O)O.Cl. The summed E-state index contributed by atoms with van der Waals surface area (Å²) in [5.74, 6) is -0.174. The quantitative estimate of drug-likeness (QED) is 0.810. The van der Waals surface area contributed by atoms with Crippen molar-refractivity contribution in [3.63, 3.8) is 0 Å². The van der Waals surface area contributed by atoms with Crippen molar-refractivity contribution < 1.29 is 14.3 Å². The summed E-state index contributed by atoms with van der Waals surface area (Å²) >= 11 is 0. The summed E-state index contributed by atoms with van der Waals surface area (Å²) < 4.78 is 5.91. The normalized spacial score (nSPS) is 12.7. The van der Waals surface area contributed by atoms with Crippen molar-refractivity contribution in [3.8, 4) is 5.75 Å². The molecule has 0 heterocycles. The Kier molecular flexibility index (Phi) is 7.43. The van der Waals surface area contributed by atoms with Gasteiger partial charge in [0.25, 0.3) is 9.04 Å². The van der Waals surface area contributed by atoms with Gasteiger partial charge in [-0.25, -0.2) is 0 Å². The summed E-state index contributed by atoms with van der Waals surface area (Å²) in [6.07, 6.45) is -0.0965. The molecule has 0 aliphatic carbocycles. The van der Waals surface area contributed by atoms with Crippen molar-refractivity contribution in [1.29, 1.82) is 0 Å². The number of carboxylic acid groups (broad SMARTS) is 1. The topological polar surface area (TPSA) is 72.5 Å². The van der Waals surface area contributed by atoms with Crippen LogP contribution in [0.5, 0.6) is 5.75 Å². The van der Waals surface area contributed by atoms with E-state index in [9.17, 15) is 4.79 Å². The minimum atomic E-state index is -0.934. The molecule has 1 aromatic rings. The third-order valence-electron chi connectivity index (χ3n) is 2.99. The predicted octanol–water partition coefficient (Wildman–Crippen LogP) is 3.51. The van der Waals surface area contributed by atoms with Gasteiger partial charge in [0.15, 0.2) is 0 Å². The molecule has 0 fully saturated rings. The van der Waals surface area contributed by atoms with E-state index in [2.05, 4.69) is 20.8 Å². The molecule has 0 spiro atoms. The molecule has 1 radical (unpaired) electrons. The standard InChI is InChI=1S/C15H24NO3Si.ClH/c1-15(2,3)10-6-7-11(12(16)9-14(17)18)13(8-10)19-20(4)5;/h6-8,12H,9,16H2,1-5H3,(H,17,18);1H/t12-;/m1./s1. The summed E-state index contributed by atoms with van der Waals surface area (Å²) in [4.78, 5) is 10.8. The summed E-state index contributed by atoms with van der Waals surface area (Å²) in [6, 6.07) is 5.35. The molecule has 0 saturated heterocycles. The zero-order chi connectivity index (χ0) is 15.5. The van der Waals surface area contributed by atoms with Gasteiger partial charge >= 0.3 is 5.97 Å². The molecule has 4 nitrogen and oxygen atoms in total. The van der Waals surface area contributed by atoms with Crippen molar-refractivity contribution in [1.82, 2.24) is 0 Å². The molecule has 0 aromatic heterocycles. The van der Waals surface area contributed by atoms with Crippen LogP contribution in [0.3, 0.4) is 0 Å². The van der Waals surface area contributed by atoms with E-state index in [-0.39, 0.29) is 24.2 Å². The van der Waals surface area contributed by atoms with E-state index >= 15 is 0 Å². The summed E-state index contributed by atoms with van der Waals surface area (Å²) in [5.41, 5.74) is 7.92. The molecule has 0 aliphatic heterocycles. The molecule has 119 valence electrons. The fourth-order valence-corrected chi connectivity index (χ4v) is 2.53. The lowest BCUT2D eigenvalue weighted by molar-refractivity contribution is -0.137. The monoisotopic (exact) mass is 330 g/mol. The Balaban J connectivity index is 0.00000400. The average molecular weight is 331 g/mol. The van der Waals surface area contributed by atoms with Gasteiger partial charge in [-0.05, 0) is 30.1 Å². The Morgan fingerprint density at radius 3 is 2.38 bits per heavy atom. The van der Waals surface area contributed by atoms with Crippen molar-refractivity contribution in [2.24, 2.45) is 5.73 Å². The maximum Gasteiger partial charge on any atom is 0.305 e. The first kappa shape index (κ1) is 20.0. The van der Waals surface area contributed by atoms with Gasteiger partial charge in [-0.2, -0.15) is 0 Å². The lowest BCUT2D eigenvalue weighted by atomic mass is 9.85. The third-order valence-corrected chi connectivity index (χ3v) is 3.62. The van der Waals surface area contributed by atoms with Gasteiger partial charge in [0, 0.05) is 11.6 Å². The molecule has 0 aliphatic rings. The second-order valence-corrected chi connectivity index (χ2v) is 8.24. The molecular weight excluding hydrogens is 306 g/mol. The predicted molar refractivity (Wildman–Crippen MR) is 89.7 cm³/mol. The Morgan fingerprint density at radius 1 is 1.38 bits per heavy atom. The smallest absolute Gasteiger partial charge is 0.305 e. The number of carboxylic acids is 1. The minimum Gasteiger partial charge on any atom is -0.542 e. The van der Waals surface area contributed by atoms with Crippen molar-refractivity contribution in [2.75, 3.05) is 0 Å². The second-order valence-electron chi connectivity index (χ2n) is 6.22. The fourth-order valence-electron chi connectivity index (χ4n) is 1.91. The highest BCUT2D eigenvalue weighted by molar-refractivity contribution is 6.49. The number of hydrogen-bond donors (Lipinski definition) is 2. The van der Waals surface area contributed by atoms with E-state index in [0.717, 1.165) is 16.9 Å². The van der Waals surface area contributed by atoms with E-state index < -0.39 is 21.1 Å². The second kappa shape index (κ2) is 7.82. The number of benzene rings is 1. The first-order valence-electron chi connectivity index (χ1n) is 6.71. The third kappa shape index (κ3) is 6.07.